The largest absolute Gasteiger partial charge is 0.382 e. The lowest BCUT2D eigenvalue weighted by Gasteiger charge is -2.29. The zero-order chi connectivity index (χ0) is 24.2. The van der Waals surface area contributed by atoms with Gasteiger partial charge in [-0.05, 0) is 85.0 Å². The predicted octanol–water partition coefficient (Wildman–Crippen LogP) is 4.98. The molecule has 1 saturated carbocycles. The van der Waals surface area contributed by atoms with Gasteiger partial charge in [-0.15, -0.1) is 0 Å². The number of fused-ring (bicyclic) bond motifs is 1. The Balaban J connectivity index is 1.41. The second kappa shape index (κ2) is 10.3. The van der Waals surface area contributed by atoms with Crippen LogP contribution in [0.25, 0.3) is 22.0 Å². The molecule has 1 atom stereocenters. The van der Waals surface area contributed by atoms with Gasteiger partial charge in [-0.2, -0.15) is 5.10 Å². The number of aromatic amines is 1. The molecule has 0 saturated heterocycles. The van der Waals surface area contributed by atoms with Crippen LogP contribution in [0.3, 0.4) is 0 Å². The Morgan fingerprint density at radius 3 is 2.51 bits per heavy atom. The first-order chi connectivity index (χ1) is 17.1. The summed E-state index contributed by atoms with van der Waals surface area (Å²) in [5, 5.41) is 11.4. The molecule has 1 fully saturated rings. The van der Waals surface area contributed by atoms with E-state index in [9.17, 15) is 4.79 Å². The Morgan fingerprint density at radius 2 is 1.74 bits per heavy atom. The lowest BCUT2D eigenvalue weighted by molar-refractivity contribution is -0.127. The summed E-state index contributed by atoms with van der Waals surface area (Å²) in [5.41, 5.74) is 17.2. The van der Waals surface area contributed by atoms with Crippen molar-refractivity contribution >= 4 is 22.6 Å². The van der Waals surface area contributed by atoms with E-state index in [-0.39, 0.29) is 17.9 Å². The van der Waals surface area contributed by atoms with Gasteiger partial charge in [0.25, 0.3) is 0 Å². The third-order valence-corrected chi connectivity index (χ3v) is 7.36. The second-order valence-corrected chi connectivity index (χ2v) is 9.70. The molecule has 1 aliphatic carbocycles. The Bertz CT molecular complexity index is 1290. The Kier molecular flexibility index (Phi) is 6.82. The fraction of sp³-hybridized carbons (Fsp3) is 0.310. The normalized spacial score (nSPS) is 18.9. The molecule has 180 valence electrons. The standard InChI is InChI=1S/C29H33N5O/c30-18-20-9-11-21(12-10-20)29(35)32-26(15-19-5-2-1-3-6-19)24-8-4-7-22(16-24)23-13-14-25-27(17-23)33-34-28(25)31/h1-8,13-14,16-17,20-21,26H,9-12,15,18,30H2,(H,32,35)(H3,31,33,34)/t20-,21-,26-/m0/s1. The molecule has 1 aliphatic rings. The van der Waals surface area contributed by atoms with Gasteiger partial charge in [-0.3, -0.25) is 9.89 Å². The summed E-state index contributed by atoms with van der Waals surface area (Å²) in [7, 11) is 0. The molecule has 0 bridgehead atoms. The number of hydrogen-bond donors (Lipinski definition) is 4. The van der Waals surface area contributed by atoms with Gasteiger partial charge in [0.15, 0.2) is 5.82 Å². The number of rotatable bonds is 7. The number of carbonyl (C=O) groups excluding carboxylic acids is 1. The number of nitrogens with two attached hydrogens (primary N) is 2. The summed E-state index contributed by atoms with van der Waals surface area (Å²) in [6, 6.07) is 24.8. The van der Waals surface area contributed by atoms with Crippen molar-refractivity contribution in [2.75, 3.05) is 12.3 Å². The van der Waals surface area contributed by atoms with Crippen LogP contribution in [0.15, 0.2) is 72.8 Å². The van der Waals surface area contributed by atoms with Crippen molar-refractivity contribution in [1.29, 1.82) is 0 Å². The van der Waals surface area contributed by atoms with Crippen LogP contribution >= 0.6 is 0 Å². The molecule has 0 spiro atoms. The average Bonchev–Trinajstić information content (AvgIpc) is 3.29. The molecule has 4 aromatic rings. The van der Waals surface area contributed by atoms with Crippen molar-refractivity contribution in [1.82, 2.24) is 15.5 Å². The molecule has 0 unspecified atom stereocenters. The highest BCUT2D eigenvalue weighted by Crippen LogP contribution is 2.31. The topological polar surface area (TPSA) is 110 Å². The average molecular weight is 468 g/mol. The van der Waals surface area contributed by atoms with Gasteiger partial charge < -0.3 is 16.8 Å². The van der Waals surface area contributed by atoms with Crippen LogP contribution in [-0.2, 0) is 11.2 Å². The van der Waals surface area contributed by atoms with E-state index in [1.165, 1.54) is 5.56 Å². The van der Waals surface area contributed by atoms with Crippen molar-refractivity contribution in [3.8, 4) is 11.1 Å². The van der Waals surface area contributed by atoms with E-state index in [4.69, 9.17) is 11.5 Å². The predicted molar refractivity (Wildman–Crippen MR) is 141 cm³/mol. The minimum absolute atomic E-state index is 0.0625. The molecular weight excluding hydrogens is 434 g/mol. The molecule has 0 radical (unpaired) electrons. The summed E-state index contributed by atoms with van der Waals surface area (Å²) >= 11 is 0. The van der Waals surface area contributed by atoms with Crippen LogP contribution in [0, 0.1) is 11.8 Å². The van der Waals surface area contributed by atoms with E-state index < -0.39 is 0 Å². The van der Waals surface area contributed by atoms with E-state index in [0.29, 0.717) is 18.3 Å². The number of nitrogen functional groups attached to an aromatic ring is 1. The van der Waals surface area contributed by atoms with Gasteiger partial charge in [0, 0.05) is 11.3 Å². The Morgan fingerprint density at radius 1 is 0.971 bits per heavy atom. The van der Waals surface area contributed by atoms with Gasteiger partial charge in [-0.1, -0.05) is 54.6 Å². The second-order valence-electron chi connectivity index (χ2n) is 9.70. The Labute approximate surface area is 206 Å². The molecule has 35 heavy (non-hydrogen) atoms. The molecule has 6 N–H and O–H groups in total. The molecule has 1 heterocycles. The lowest BCUT2D eigenvalue weighted by Crippen LogP contribution is -2.37. The number of hydrogen-bond acceptors (Lipinski definition) is 4. The van der Waals surface area contributed by atoms with Gasteiger partial charge in [0.1, 0.15) is 0 Å². The zero-order valence-corrected chi connectivity index (χ0v) is 19.9. The molecule has 0 aliphatic heterocycles. The molecule has 1 amide bonds. The van der Waals surface area contributed by atoms with Crippen LogP contribution in [0.5, 0.6) is 0 Å². The SMILES string of the molecule is NC[C@H]1CC[C@H](C(=O)N[C@@H](Cc2ccccc2)c2cccc(-c3ccc4c(N)n[nH]c4c3)c2)CC1. The number of benzene rings is 3. The maximum absolute atomic E-state index is 13.3. The van der Waals surface area contributed by atoms with Crippen LogP contribution in [0.2, 0.25) is 0 Å². The van der Waals surface area contributed by atoms with Gasteiger partial charge >= 0.3 is 0 Å². The van der Waals surface area contributed by atoms with E-state index in [0.717, 1.165) is 59.7 Å². The monoisotopic (exact) mass is 467 g/mol. The first-order valence-electron chi connectivity index (χ1n) is 12.5. The van der Waals surface area contributed by atoms with Crippen molar-refractivity contribution in [3.63, 3.8) is 0 Å². The highest BCUT2D eigenvalue weighted by atomic mass is 16.1. The van der Waals surface area contributed by atoms with E-state index in [1.807, 2.05) is 24.3 Å². The number of nitrogens with zero attached hydrogens (tertiary/aromatic N) is 1. The number of amides is 1. The fourth-order valence-corrected chi connectivity index (χ4v) is 5.21. The van der Waals surface area contributed by atoms with E-state index >= 15 is 0 Å². The molecule has 5 rings (SSSR count). The number of carbonyl (C=O) groups is 1. The number of aromatic nitrogens is 2. The van der Waals surface area contributed by atoms with E-state index in [2.05, 4.69) is 64.0 Å². The molecule has 1 aromatic heterocycles. The van der Waals surface area contributed by atoms with Crippen molar-refractivity contribution in [2.24, 2.45) is 17.6 Å². The highest BCUT2D eigenvalue weighted by molar-refractivity contribution is 5.91. The smallest absolute Gasteiger partial charge is 0.223 e. The van der Waals surface area contributed by atoms with Crippen LogP contribution in [-0.4, -0.2) is 22.6 Å². The lowest BCUT2D eigenvalue weighted by atomic mass is 9.81. The Hall–Kier alpha value is -3.64. The van der Waals surface area contributed by atoms with Gasteiger partial charge in [0.05, 0.1) is 11.6 Å². The maximum atomic E-state index is 13.3. The first-order valence-corrected chi connectivity index (χ1v) is 12.5. The maximum Gasteiger partial charge on any atom is 0.223 e. The number of H-pyrrole nitrogens is 1. The minimum atomic E-state index is -0.108. The fourth-order valence-electron chi connectivity index (χ4n) is 5.21. The van der Waals surface area contributed by atoms with Crippen molar-refractivity contribution in [3.05, 3.63) is 83.9 Å². The molecular formula is C29H33N5O. The van der Waals surface area contributed by atoms with Crippen LogP contribution < -0.4 is 16.8 Å². The van der Waals surface area contributed by atoms with Crippen LogP contribution in [0.1, 0.15) is 42.9 Å². The summed E-state index contributed by atoms with van der Waals surface area (Å²) in [6.07, 6.45) is 4.64. The van der Waals surface area contributed by atoms with Crippen molar-refractivity contribution in [2.45, 2.75) is 38.1 Å². The van der Waals surface area contributed by atoms with Crippen LogP contribution in [0.4, 0.5) is 5.82 Å². The molecule has 3 aromatic carbocycles. The third-order valence-electron chi connectivity index (χ3n) is 7.36. The molecule has 6 nitrogen and oxygen atoms in total. The summed E-state index contributed by atoms with van der Waals surface area (Å²) in [6.45, 7) is 0.717. The first kappa shape index (κ1) is 23.1. The summed E-state index contributed by atoms with van der Waals surface area (Å²) in [4.78, 5) is 13.3. The van der Waals surface area contributed by atoms with Gasteiger partial charge in [-0.25, -0.2) is 0 Å². The summed E-state index contributed by atoms with van der Waals surface area (Å²) in [5.74, 6) is 1.28. The third kappa shape index (κ3) is 5.23. The summed E-state index contributed by atoms with van der Waals surface area (Å²) < 4.78 is 0. The van der Waals surface area contributed by atoms with E-state index in [1.54, 1.807) is 0 Å². The molecule has 6 heteroatoms. The van der Waals surface area contributed by atoms with Gasteiger partial charge in [0.2, 0.25) is 5.91 Å². The van der Waals surface area contributed by atoms with Crippen molar-refractivity contribution < 1.29 is 4.79 Å². The number of anilines is 1. The highest BCUT2D eigenvalue weighted by Gasteiger charge is 2.27. The number of nitrogens with one attached hydrogen (secondary N) is 2. The zero-order valence-electron chi connectivity index (χ0n) is 19.9. The quantitative estimate of drug-likeness (QED) is 0.307. The minimum Gasteiger partial charge on any atom is -0.382 e.